The Hall–Kier alpha value is -0.980. The molecule has 0 radical (unpaired) electrons. The first kappa shape index (κ1) is 12.1. The normalized spacial score (nSPS) is 11.5. The van der Waals surface area contributed by atoms with E-state index in [0.29, 0.717) is 0 Å². The third-order valence-corrected chi connectivity index (χ3v) is 2.96. The molecule has 1 heteroatoms. The topological polar surface area (TPSA) is 9.23 Å². The molecule has 1 aromatic carbocycles. The van der Waals surface area contributed by atoms with E-state index in [0.717, 1.165) is 25.2 Å². The van der Waals surface area contributed by atoms with Crippen LogP contribution in [-0.2, 0) is 5.41 Å². The Labute approximate surface area is 93.5 Å². The molecule has 1 nitrogen and oxygen atoms in total. The van der Waals surface area contributed by atoms with Crippen molar-refractivity contribution >= 4 is 0 Å². The smallest absolute Gasteiger partial charge is 0.123 e. The highest BCUT2D eigenvalue weighted by Crippen LogP contribution is 2.33. The fraction of sp³-hybridized carbons (Fsp3) is 0.571. The summed E-state index contributed by atoms with van der Waals surface area (Å²) < 4.78 is 5.77. The predicted molar refractivity (Wildman–Crippen MR) is 65.5 cm³/mol. The molecule has 0 spiro atoms. The van der Waals surface area contributed by atoms with Gasteiger partial charge in [-0.15, -0.1) is 0 Å². The number of para-hydroxylation sites is 1. The molecular formula is C14H22O. The summed E-state index contributed by atoms with van der Waals surface area (Å²) in [5.41, 5.74) is 1.52. The van der Waals surface area contributed by atoms with E-state index in [9.17, 15) is 0 Å². The molecule has 0 bridgehead atoms. The van der Waals surface area contributed by atoms with E-state index < -0.39 is 0 Å². The number of hydrogen-bond acceptors (Lipinski definition) is 1. The van der Waals surface area contributed by atoms with Crippen LogP contribution in [-0.4, -0.2) is 6.61 Å². The van der Waals surface area contributed by atoms with Gasteiger partial charge in [0.15, 0.2) is 0 Å². The molecule has 0 aliphatic carbocycles. The molecule has 0 fully saturated rings. The van der Waals surface area contributed by atoms with Gasteiger partial charge in [-0.2, -0.15) is 0 Å². The summed E-state index contributed by atoms with van der Waals surface area (Å²) >= 11 is 0. The lowest BCUT2D eigenvalue weighted by Gasteiger charge is -2.25. The van der Waals surface area contributed by atoms with Gasteiger partial charge in [-0.25, -0.2) is 0 Å². The fourth-order valence-electron chi connectivity index (χ4n) is 1.55. The summed E-state index contributed by atoms with van der Waals surface area (Å²) in [6.45, 7) is 9.68. The Balaban J connectivity index is 2.95. The van der Waals surface area contributed by atoms with Crippen LogP contribution in [0.4, 0.5) is 0 Å². The molecule has 0 aromatic heterocycles. The summed E-state index contributed by atoms with van der Waals surface area (Å²) in [5.74, 6) is 1.05. The van der Waals surface area contributed by atoms with E-state index in [2.05, 4.69) is 45.9 Å². The van der Waals surface area contributed by atoms with Crippen LogP contribution in [0.2, 0.25) is 0 Å². The Morgan fingerprint density at radius 1 is 1.13 bits per heavy atom. The maximum atomic E-state index is 5.77. The lowest BCUT2D eigenvalue weighted by molar-refractivity contribution is 0.306. The minimum atomic E-state index is 0.199. The van der Waals surface area contributed by atoms with Crippen LogP contribution >= 0.6 is 0 Å². The second-order valence-corrected chi connectivity index (χ2v) is 4.58. The van der Waals surface area contributed by atoms with E-state index in [4.69, 9.17) is 4.74 Å². The highest BCUT2D eigenvalue weighted by molar-refractivity contribution is 5.38. The van der Waals surface area contributed by atoms with E-state index in [-0.39, 0.29) is 5.41 Å². The van der Waals surface area contributed by atoms with Gasteiger partial charge in [0, 0.05) is 0 Å². The van der Waals surface area contributed by atoms with Crippen LogP contribution in [0.25, 0.3) is 0 Å². The molecule has 0 heterocycles. The second kappa shape index (κ2) is 5.20. The van der Waals surface area contributed by atoms with Crippen LogP contribution in [0, 0.1) is 0 Å². The van der Waals surface area contributed by atoms with Crippen molar-refractivity contribution in [2.24, 2.45) is 0 Å². The molecule has 0 saturated heterocycles. The number of rotatable bonds is 5. The lowest BCUT2D eigenvalue weighted by Crippen LogP contribution is -2.17. The van der Waals surface area contributed by atoms with Gasteiger partial charge >= 0.3 is 0 Å². The van der Waals surface area contributed by atoms with Gasteiger partial charge in [0.05, 0.1) is 6.61 Å². The Bertz CT molecular complexity index is 302. The molecule has 0 saturated carbocycles. The molecule has 0 aliphatic rings. The zero-order valence-corrected chi connectivity index (χ0v) is 10.3. The number of ether oxygens (including phenoxy) is 1. The van der Waals surface area contributed by atoms with Crippen molar-refractivity contribution in [3.63, 3.8) is 0 Å². The first-order valence-electron chi connectivity index (χ1n) is 5.84. The van der Waals surface area contributed by atoms with Crippen molar-refractivity contribution in [2.45, 2.75) is 46.0 Å². The van der Waals surface area contributed by atoms with Gasteiger partial charge in [-0.1, -0.05) is 45.9 Å². The largest absolute Gasteiger partial charge is 0.493 e. The average Bonchev–Trinajstić information content (AvgIpc) is 2.26. The van der Waals surface area contributed by atoms with E-state index >= 15 is 0 Å². The predicted octanol–water partition coefficient (Wildman–Crippen LogP) is 4.16. The third kappa shape index (κ3) is 2.98. The first-order valence-corrected chi connectivity index (χ1v) is 5.84. The first-order chi connectivity index (χ1) is 7.11. The van der Waals surface area contributed by atoms with E-state index in [1.807, 2.05) is 6.07 Å². The highest BCUT2D eigenvalue weighted by atomic mass is 16.5. The van der Waals surface area contributed by atoms with Gasteiger partial charge in [0.2, 0.25) is 0 Å². The van der Waals surface area contributed by atoms with Gasteiger partial charge in [-0.05, 0) is 29.9 Å². The van der Waals surface area contributed by atoms with Gasteiger partial charge < -0.3 is 4.74 Å². The molecule has 0 N–H and O–H groups in total. The highest BCUT2D eigenvalue weighted by Gasteiger charge is 2.21. The molecule has 0 unspecified atom stereocenters. The third-order valence-electron chi connectivity index (χ3n) is 2.96. The van der Waals surface area contributed by atoms with Crippen molar-refractivity contribution < 1.29 is 4.74 Å². The van der Waals surface area contributed by atoms with Crippen molar-refractivity contribution in [1.82, 2.24) is 0 Å². The summed E-state index contributed by atoms with van der Waals surface area (Å²) in [7, 11) is 0. The minimum absolute atomic E-state index is 0.199. The second-order valence-electron chi connectivity index (χ2n) is 4.58. The van der Waals surface area contributed by atoms with Crippen LogP contribution in [0.3, 0.4) is 0 Å². The molecule has 15 heavy (non-hydrogen) atoms. The SMILES string of the molecule is CCCOc1ccccc1C(C)(C)CC. The minimum Gasteiger partial charge on any atom is -0.493 e. The standard InChI is InChI=1S/C14H22O/c1-5-11-15-13-10-8-7-9-12(13)14(3,4)6-2/h7-10H,5-6,11H2,1-4H3. The summed E-state index contributed by atoms with van der Waals surface area (Å²) in [6, 6.07) is 8.38. The van der Waals surface area contributed by atoms with E-state index in [1.165, 1.54) is 5.56 Å². The Kier molecular flexibility index (Phi) is 4.19. The zero-order valence-electron chi connectivity index (χ0n) is 10.3. The maximum Gasteiger partial charge on any atom is 0.123 e. The summed E-state index contributed by atoms with van der Waals surface area (Å²) in [5, 5.41) is 0. The van der Waals surface area contributed by atoms with Crippen LogP contribution in [0.5, 0.6) is 5.75 Å². The van der Waals surface area contributed by atoms with Crippen molar-refractivity contribution in [1.29, 1.82) is 0 Å². The molecule has 84 valence electrons. The van der Waals surface area contributed by atoms with Crippen molar-refractivity contribution in [3.8, 4) is 5.75 Å². The maximum absolute atomic E-state index is 5.77. The fourth-order valence-corrected chi connectivity index (χ4v) is 1.55. The molecule has 0 amide bonds. The molecule has 1 aromatic rings. The molecule has 0 atom stereocenters. The van der Waals surface area contributed by atoms with Crippen LogP contribution in [0.1, 0.15) is 46.1 Å². The quantitative estimate of drug-likeness (QED) is 0.702. The monoisotopic (exact) mass is 206 g/mol. The Morgan fingerprint density at radius 2 is 1.80 bits per heavy atom. The van der Waals surface area contributed by atoms with Gasteiger partial charge in [0.25, 0.3) is 0 Å². The van der Waals surface area contributed by atoms with Gasteiger partial charge in [-0.3, -0.25) is 0 Å². The average molecular weight is 206 g/mol. The summed E-state index contributed by atoms with van der Waals surface area (Å²) in [4.78, 5) is 0. The molecular weight excluding hydrogens is 184 g/mol. The molecule has 0 aliphatic heterocycles. The Morgan fingerprint density at radius 3 is 2.40 bits per heavy atom. The van der Waals surface area contributed by atoms with Crippen LogP contribution < -0.4 is 4.74 Å². The summed E-state index contributed by atoms with van der Waals surface area (Å²) in [6.07, 6.45) is 2.18. The van der Waals surface area contributed by atoms with Gasteiger partial charge in [0.1, 0.15) is 5.75 Å². The number of benzene rings is 1. The van der Waals surface area contributed by atoms with Crippen molar-refractivity contribution in [3.05, 3.63) is 29.8 Å². The van der Waals surface area contributed by atoms with Crippen LogP contribution in [0.15, 0.2) is 24.3 Å². The zero-order chi connectivity index (χ0) is 11.3. The number of hydrogen-bond donors (Lipinski definition) is 0. The molecule has 1 rings (SSSR count). The lowest BCUT2D eigenvalue weighted by atomic mass is 9.82. The van der Waals surface area contributed by atoms with E-state index in [1.54, 1.807) is 0 Å². The van der Waals surface area contributed by atoms with Crippen molar-refractivity contribution in [2.75, 3.05) is 6.61 Å².